The van der Waals surface area contributed by atoms with E-state index >= 15 is 0 Å². The zero-order valence-electron chi connectivity index (χ0n) is 10.5. The summed E-state index contributed by atoms with van der Waals surface area (Å²) < 4.78 is 38.5. The summed E-state index contributed by atoms with van der Waals surface area (Å²) >= 11 is 0. The number of amides is 1. The van der Waals surface area contributed by atoms with Crippen molar-refractivity contribution in [1.82, 2.24) is 4.90 Å². The number of nitrogens with zero attached hydrogens (tertiary/aromatic N) is 2. The number of alkyl halides is 3. The SMILES string of the molecule is CC(C)N(CC#N)C(=O)c1ccccc1C(F)(F)F. The molecule has 0 bridgehead atoms. The first kappa shape index (κ1) is 15.0. The number of halogens is 3. The minimum Gasteiger partial charge on any atom is -0.323 e. The normalized spacial score (nSPS) is 11.2. The highest BCUT2D eigenvalue weighted by molar-refractivity contribution is 5.96. The summed E-state index contributed by atoms with van der Waals surface area (Å²) in [5, 5.41) is 8.64. The molecule has 1 amide bonds. The lowest BCUT2D eigenvalue weighted by molar-refractivity contribution is -0.138. The average Bonchev–Trinajstić information content (AvgIpc) is 2.33. The molecular formula is C13H13F3N2O. The lowest BCUT2D eigenvalue weighted by atomic mass is 10.1. The predicted octanol–water partition coefficient (Wildman–Crippen LogP) is 3.08. The van der Waals surface area contributed by atoms with Crippen LogP contribution in [0.25, 0.3) is 0 Å². The smallest absolute Gasteiger partial charge is 0.323 e. The van der Waals surface area contributed by atoms with Gasteiger partial charge in [-0.2, -0.15) is 18.4 Å². The first-order valence-electron chi connectivity index (χ1n) is 5.63. The topological polar surface area (TPSA) is 44.1 Å². The zero-order chi connectivity index (χ0) is 14.6. The molecule has 19 heavy (non-hydrogen) atoms. The second kappa shape index (κ2) is 5.74. The Bertz CT molecular complexity index is 503. The molecule has 0 saturated carbocycles. The minimum atomic E-state index is -4.60. The summed E-state index contributed by atoms with van der Waals surface area (Å²) in [6, 6.07) is 6.00. The number of hydrogen-bond acceptors (Lipinski definition) is 2. The van der Waals surface area contributed by atoms with Gasteiger partial charge in [-0.15, -0.1) is 0 Å². The summed E-state index contributed by atoms with van der Waals surface area (Å²) in [4.78, 5) is 13.2. The highest BCUT2D eigenvalue weighted by atomic mass is 19.4. The predicted molar refractivity (Wildman–Crippen MR) is 63.2 cm³/mol. The fourth-order valence-corrected chi connectivity index (χ4v) is 1.64. The Hall–Kier alpha value is -2.03. The summed E-state index contributed by atoms with van der Waals surface area (Å²) in [5.74, 6) is -0.788. The van der Waals surface area contributed by atoms with Crippen molar-refractivity contribution in [3.8, 4) is 6.07 Å². The first-order chi connectivity index (χ1) is 8.79. The molecule has 102 valence electrons. The van der Waals surface area contributed by atoms with Crippen LogP contribution in [0.15, 0.2) is 24.3 Å². The molecule has 0 radical (unpaired) electrons. The number of carbonyl (C=O) groups is 1. The monoisotopic (exact) mass is 270 g/mol. The van der Waals surface area contributed by atoms with Gasteiger partial charge in [-0.25, -0.2) is 0 Å². The molecule has 1 rings (SSSR count). The van der Waals surface area contributed by atoms with Gasteiger partial charge in [-0.3, -0.25) is 4.79 Å². The Morgan fingerprint density at radius 3 is 2.42 bits per heavy atom. The molecule has 0 saturated heterocycles. The Morgan fingerprint density at radius 1 is 1.37 bits per heavy atom. The van der Waals surface area contributed by atoms with E-state index in [1.165, 1.54) is 12.1 Å². The molecular weight excluding hydrogens is 257 g/mol. The summed E-state index contributed by atoms with van der Waals surface area (Å²) in [6.45, 7) is 3.04. The van der Waals surface area contributed by atoms with Crippen LogP contribution < -0.4 is 0 Å². The van der Waals surface area contributed by atoms with E-state index in [1.54, 1.807) is 19.9 Å². The van der Waals surface area contributed by atoms with Gasteiger partial charge in [0.25, 0.3) is 5.91 Å². The molecule has 0 aliphatic carbocycles. The Morgan fingerprint density at radius 2 is 1.95 bits per heavy atom. The number of carbonyl (C=O) groups excluding carboxylic acids is 1. The number of rotatable bonds is 3. The molecule has 0 unspecified atom stereocenters. The molecule has 0 fully saturated rings. The average molecular weight is 270 g/mol. The molecule has 6 heteroatoms. The van der Waals surface area contributed by atoms with Gasteiger partial charge in [0.1, 0.15) is 6.54 Å². The maximum atomic E-state index is 12.8. The maximum absolute atomic E-state index is 12.8. The van der Waals surface area contributed by atoms with E-state index < -0.39 is 23.2 Å². The molecule has 0 spiro atoms. The fraction of sp³-hybridized carbons (Fsp3) is 0.385. The van der Waals surface area contributed by atoms with Crippen molar-refractivity contribution in [1.29, 1.82) is 5.26 Å². The van der Waals surface area contributed by atoms with Crippen molar-refractivity contribution in [2.75, 3.05) is 6.54 Å². The third-order valence-corrected chi connectivity index (χ3v) is 2.59. The van der Waals surface area contributed by atoms with E-state index in [1.807, 2.05) is 0 Å². The van der Waals surface area contributed by atoms with Gasteiger partial charge in [0.2, 0.25) is 0 Å². The van der Waals surface area contributed by atoms with Crippen LogP contribution in [0.5, 0.6) is 0 Å². The third-order valence-electron chi connectivity index (χ3n) is 2.59. The van der Waals surface area contributed by atoms with Crippen molar-refractivity contribution < 1.29 is 18.0 Å². The van der Waals surface area contributed by atoms with Crippen LogP contribution in [0, 0.1) is 11.3 Å². The molecule has 0 aliphatic heterocycles. The molecule has 0 atom stereocenters. The van der Waals surface area contributed by atoms with Crippen LogP contribution in [0.4, 0.5) is 13.2 Å². The van der Waals surface area contributed by atoms with Crippen LogP contribution in [0.2, 0.25) is 0 Å². The second-order valence-electron chi connectivity index (χ2n) is 4.23. The summed E-state index contributed by atoms with van der Waals surface area (Å²) in [6.07, 6.45) is -4.60. The van der Waals surface area contributed by atoms with Gasteiger partial charge in [0, 0.05) is 6.04 Å². The minimum absolute atomic E-state index is 0.247. The lowest BCUT2D eigenvalue weighted by Crippen LogP contribution is -2.38. The Balaban J connectivity index is 3.23. The molecule has 0 heterocycles. The van der Waals surface area contributed by atoms with Gasteiger partial charge in [0.05, 0.1) is 17.2 Å². The van der Waals surface area contributed by atoms with Crippen LogP contribution in [0.1, 0.15) is 29.8 Å². The van der Waals surface area contributed by atoms with E-state index in [2.05, 4.69) is 0 Å². The van der Waals surface area contributed by atoms with Crippen LogP contribution in [-0.2, 0) is 6.18 Å². The second-order valence-corrected chi connectivity index (χ2v) is 4.23. The lowest BCUT2D eigenvalue weighted by Gasteiger charge is -2.25. The Kier molecular flexibility index (Phi) is 4.54. The Labute approximate surface area is 109 Å². The number of benzene rings is 1. The van der Waals surface area contributed by atoms with E-state index in [0.717, 1.165) is 17.0 Å². The zero-order valence-corrected chi connectivity index (χ0v) is 10.5. The van der Waals surface area contributed by atoms with Crippen molar-refractivity contribution in [2.24, 2.45) is 0 Å². The van der Waals surface area contributed by atoms with Gasteiger partial charge in [0.15, 0.2) is 0 Å². The van der Waals surface area contributed by atoms with E-state index in [9.17, 15) is 18.0 Å². The largest absolute Gasteiger partial charge is 0.417 e. The molecule has 1 aromatic carbocycles. The van der Waals surface area contributed by atoms with Crippen LogP contribution in [0.3, 0.4) is 0 Å². The van der Waals surface area contributed by atoms with Gasteiger partial charge < -0.3 is 4.90 Å². The molecule has 1 aromatic rings. The van der Waals surface area contributed by atoms with Crippen molar-refractivity contribution in [3.05, 3.63) is 35.4 Å². The van der Waals surface area contributed by atoms with Crippen LogP contribution >= 0.6 is 0 Å². The molecule has 0 aromatic heterocycles. The van der Waals surface area contributed by atoms with Gasteiger partial charge in [-0.1, -0.05) is 12.1 Å². The highest BCUT2D eigenvalue weighted by Gasteiger charge is 2.36. The molecule has 0 aliphatic rings. The third kappa shape index (κ3) is 3.47. The quantitative estimate of drug-likeness (QED) is 0.792. The highest BCUT2D eigenvalue weighted by Crippen LogP contribution is 2.32. The van der Waals surface area contributed by atoms with Crippen molar-refractivity contribution >= 4 is 5.91 Å². The summed E-state index contributed by atoms with van der Waals surface area (Å²) in [5.41, 5.74) is -1.41. The first-order valence-corrected chi connectivity index (χ1v) is 5.63. The number of hydrogen-bond donors (Lipinski definition) is 0. The van der Waals surface area contributed by atoms with E-state index in [4.69, 9.17) is 5.26 Å². The fourth-order valence-electron chi connectivity index (χ4n) is 1.64. The van der Waals surface area contributed by atoms with Crippen molar-refractivity contribution in [3.63, 3.8) is 0 Å². The summed E-state index contributed by atoms with van der Waals surface area (Å²) in [7, 11) is 0. The maximum Gasteiger partial charge on any atom is 0.417 e. The standard InChI is InChI=1S/C13H13F3N2O/c1-9(2)18(8-7-17)12(19)10-5-3-4-6-11(10)13(14,15)16/h3-6,9H,8H2,1-2H3. The van der Waals surface area contributed by atoms with Crippen molar-refractivity contribution in [2.45, 2.75) is 26.1 Å². The molecule has 0 N–H and O–H groups in total. The van der Waals surface area contributed by atoms with E-state index in [0.29, 0.717) is 0 Å². The van der Waals surface area contributed by atoms with Gasteiger partial charge >= 0.3 is 6.18 Å². The molecule has 3 nitrogen and oxygen atoms in total. The van der Waals surface area contributed by atoms with Gasteiger partial charge in [-0.05, 0) is 26.0 Å². The number of nitriles is 1. The van der Waals surface area contributed by atoms with E-state index in [-0.39, 0.29) is 12.6 Å². The van der Waals surface area contributed by atoms with Crippen LogP contribution in [-0.4, -0.2) is 23.4 Å².